The standard InChI is InChI=1S/C14H22N2O3.C2H5NO2/c1-17-12-5-4-11(13(18-2)14(12)19-3)10-16-8-6-15-7-9-16;3-1-2(4)5/h4-5,15H,6-10H2,1-3H3;1,3H2,(H,4,5). The Balaban J connectivity index is 0.000000505. The average Bonchev–Trinajstić information content (AvgIpc) is 2.62. The Morgan fingerprint density at radius 3 is 2.21 bits per heavy atom. The van der Waals surface area contributed by atoms with Crippen LogP contribution in [0.25, 0.3) is 0 Å². The average molecular weight is 341 g/mol. The zero-order valence-corrected chi connectivity index (χ0v) is 14.5. The molecular formula is C16H27N3O5. The van der Waals surface area contributed by atoms with E-state index in [0.29, 0.717) is 11.5 Å². The Labute approximate surface area is 142 Å². The van der Waals surface area contributed by atoms with Gasteiger partial charge in [-0.2, -0.15) is 0 Å². The lowest BCUT2D eigenvalue weighted by atomic mass is 10.1. The van der Waals surface area contributed by atoms with Crippen LogP contribution in [-0.2, 0) is 11.3 Å². The lowest BCUT2D eigenvalue weighted by Gasteiger charge is -2.28. The molecule has 24 heavy (non-hydrogen) atoms. The number of carbonyl (C=O) groups is 1. The van der Waals surface area contributed by atoms with Gasteiger partial charge in [0.2, 0.25) is 5.75 Å². The number of carboxylic acids is 1. The highest BCUT2D eigenvalue weighted by molar-refractivity contribution is 5.68. The van der Waals surface area contributed by atoms with E-state index in [-0.39, 0.29) is 6.54 Å². The summed E-state index contributed by atoms with van der Waals surface area (Å²) >= 11 is 0. The number of nitrogens with one attached hydrogen (secondary N) is 1. The summed E-state index contributed by atoms with van der Waals surface area (Å²) in [5.74, 6) is 1.16. The van der Waals surface area contributed by atoms with Gasteiger partial charge in [0, 0.05) is 38.3 Å². The lowest BCUT2D eigenvalue weighted by Crippen LogP contribution is -2.42. The van der Waals surface area contributed by atoms with Crippen LogP contribution in [0, 0.1) is 0 Å². The second-order valence-electron chi connectivity index (χ2n) is 5.12. The quantitative estimate of drug-likeness (QED) is 0.671. The molecule has 0 radical (unpaired) electrons. The van der Waals surface area contributed by atoms with Gasteiger partial charge in [0.25, 0.3) is 0 Å². The van der Waals surface area contributed by atoms with Gasteiger partial charge in [0.15, 0.2) is 11.5 Å². The highest BCUT2D eigenvalue weighted by Gasteiger charge is 2.18. The SMILES string of the molecule is COc1ccc(CN2CCNCC2)c(OC)c1OC.NCC(=O)O. The Bertz CT molecular complexity index is 519. The molecule has 0 aromatic heterocycles. The molecule has 8 heteroatoms. The molecule has 0 bridgehead atoms. The van der Waals surface area contributed by atoms with E-state index < -0.39 is 5.97 Å². The summed E-state index contributed by atoms with van der Waals surface area (Å²) < 4.78 is 16.2. The van der Waals surface area contributed by atoms with Gasteiger partial charge in [-0.15, -0.1) is 0 Å². The fourth-order valence-electron chi connectivity index (χ4n) is 2.40. The smallest absolute Gasteiger partial charge is 0.317 e. The fraction of sp³-hybridized carbons (Fsp3) is 0.562. The van der Waals surface area contributed by atoms with Gasteiger partial charge >= 0.3 is 5.97 Å². The molecule has 0 unspecified atom stereocenters. The van der Waals surface area contributed by atoms with Crippen LogP contribution in [0.15, 0.2) is 12.1 Å². The minimum Gasteiger partial charge on any atom is -0.493 e. The van der Waals surface area contributed by atoms with Crippen LogP contribution in [0.4, 0.5) is 0 Å². The number of ether oxygens (including phenoxy) is 3. The van der Waals surface area contributed by atoms with Crippen molar-refractivity contribution in [3.05, 3.63) is 17.7 Å². The van der Waals surface area contributed by atoms with Crippen LogP contribution in [0.3, 0.4) is 0 Å². The molecule has 0 spiro atoms. The van der Waals surface area contributed by atoms with Crippen LogP contribution < -0.4 is 25.3 Å². The van der Waals surface area contributed by atoms with E-state index in [1.54, 1.807) is 21.3 Å². The number of hydrogen-bond donors (Lipinski definition) is 3. The Hall–Kier alpha value is -2.03. The number of carboxylic acid groups (broad SMARTS) is 1. The van der Waals surface area contributed by atoms with Crippen LogP contribution in [0.1, 0.15) is 5.56 Å². The predicted molar refractivity (Wildman–Crippen MR) is 90.9 cm³/mol. The summed E-state index contributed by atoms with van der Waals surface area (Å²) in [4.78, 5) is 11.6. The Morgan fingerprint density at radius 1 is 1.17 bits per heavy atom. The molecule has 1 saturated heterocycles. The molecule has 1 aliphatic heterocycles. The first-order valence-electron chi connectivity index (χ1n) is 7.70. The lowest BCUT2D eigenvalue weighted by molar-refractivity contribution is -0.135. The first kappa shape index (κ1) is 20.0. The maximum absolute atomic E-state index is 9.24. The summed E-state index contributed by atoms with van der Waals surface area (Å²) in [5, 5.41) is 10.9. The molecule has 8 nitrogen and oxygen atoms in total. The van der Waals surface area contributed by atoms with E-state index in [2.05, 4.69) is 16.0 Å². The van der Waals surface area contributed by atoms with E-state index in [9.17, 15) is 4.79 Å². The van der Waals surface area contributed by atoms with Gasteiger partial charge in [-0.3, -0.25) is 9.69 Å². The summed E-state index contributed by atoms with van der Waals surface area (Å²) in [6.45, 7) is 4.77. The third kappa shape index (κ3) is 5.88. The monoisotopic (exact) mass is 341 g/mol. The molecule has 0 saturated carbocycles. The Morgan fingerprint density at radius 2 is 1.75 bits per heavy atom. The van der Waals surface area contributed by atoms with Crippen molar-refractivity contribution in [3.63, 3.8) is 0 Å². The zero-order valence-electron chi connectivity index (χ0n) is 14.5. The molecule has 0 amide bonds. The van der Waals surface area contributed by atoms with Crippen LogP contribution in [0.2, 0.25) is 0 Å². The number of methoxy groups -OCH3 is 3. The first-order chi connectivity index (χ1) is 11.6. The van der Waals surface area contributed by atoms with E-state index in [1.807, 2.05) is 12.1 Å². The van der Waals surface area contributed by atoms with Gasteiger partial charge < -0.3 is 30.4 Å². The van der Waals surface area contributed by atoms with E-state index >= 15 is 0 Å². The molecule has 1 heterocycles. The number of hydrogen-bond acceptors (Lipinski definition) is 7. The maximum atomic E-state index is 9.24. The number of rotatable bonds is 6. The van der Waals surface area contributed by atoms with Gasteiger partial charge in [0.1, 0.15) is 0 Å². The molecule has 1 aromatic carbocycles. The van der Waals surface area contributed by atoms with E-state index in [0.717, 1.165) is 44.0 Å². The minimum absolute atomic E-state index is 0.278. The largest absolute Gasteiger partial charge is 0.493 e. The summed E-state index contributed by atoms with van der Waals surface area (Å²) in [6.07, 6.45) is 0. The minimum atomic E-state index is -0.968. The van der Waals surface area contributed by atoms with Crippen molar-refractivity contribution in [1.29, 1.82) is 0 Å². The summed E-state index contributed by atoms with van der Waals surface area (Å²) in [5.41, 5.74) is 5.70. The van der Waals surface area contributed by atoms with Crippen molar-refractivity contribution < 1.29 is 24.1 Å². The van der Waals surface area contributed by atoms with Crippen molar-refractivity contribution in [3.8, 4) is 17.2 Å². The number of benzene rings is 1. The normalized spacial score (nSPS) is 14.3. The number of aliphatic carboxylic acids is 1. The molecule has 1 fully saturated rings. The molecule has 0 aliphatic carbocycles. The summed E-state index contributed by atoms with van der Waals surface area (Å²) in [7, 11) is 4.93. The number of piperazine rings is 1. The van der Waals surface area contributed by atoms with Crippen molar-refractivity contribution in [2.24, 2.45) is 5.73 Å². The third-order valence-electron chi connectivity index (χ3n) is 3.56. The predicted octanol–water partition coefficient (Wildman–Crippen LogP) is 0.147. The zero-order chi connectivity index (χ0) is 17.9. The Kier molecular flexibility index (Phi) is 8.92. The highest BCUT2D eigenvalue weighted by atomic mass is 16.5. The topological polar surface area (TPSA) is 106 Å². The second kappa shape index (κ2) is 10.7. The van der Waals surface area contributed by atoms with Crippen molar-refractivity contribution in [2.45, 2.75) is 6.54 Å². The molecule has 1 aliphatic rings. The van der Waals surface area contributed by atoms with E-state index in [1.165, 1.54) is 0 Å². The maximum Gasteiger partial charge on any atom is 0.317 e. The van der Waals surface area contributed by atoms with Crippen LogP contribution >= 0.6 is 0 Å². The molecule has 136 valence electrons. The van der Waals surface area contributed by atoms with Crippen molar-refractivity contribution >= 4 is 5.97 Å². The van der Waals surface area contributed by atoms with Gasteiger partial charge in [-0.05, 0) is 6.07 Å². The molecule has 2 rings (SSSR count). The molecule has 4 N–H and O–H groups in total. The van der Waals surface area contributed by atoms with Crippen LogP contribution in [0.5, 0.6) is 17.2 Å². The summed E-state index contributed by atoms with van der Waals surface area (Å²) in [6, 6.07) is 3.97. The van der Waals surface area contributed by atoms with Gasteiger partial charge in [-0.25, -0.2) is 0 Å². The van der Waals surface area contributed by atoms with E-state index in [4.69, 9.17) is 19.3 Å². The van der Waals surface area contributed by atoms with Crippen molar-refractivity contribution in [1.82, 2.24) is 10.2 Å². The molecule has 1 aromatic rings. The van der Waals surface area contributed by atoms with Crippen molar-refractivity contribution in [2.75, 3.05) is 54.1 Å². The molecule has 0 atom stereocenters. The van der Waals surface area contributed by atoms with Crippen LogP contribution in [-0.4, -0.2) is 70.0 Å². The first-order valence-corrected chi connectivity index (χ1v) is 7.70. The molecular weight excluding hydrogens is 314 g/mol. The van der Waals surface area contributed by atoms with Gasteiger partial charge in [0.05, 0.1) is 27.9 Å². The van der Waals surface area contributed by atoms with Gasteiger partial charge in [-0.1, -0.05) is 6.07 Å². The second-order valence-corrected chi connectivity index (χ2v) is 5.12. The number of nitrogens with two attached hydrogens (primary N) is 1. The third-order valence-corrected chi connectivity index (χ3v) is 3.56. The highest BCUT2D eigenvalue weighted by Crippen LogP contribution is 2.40. The fourth-order valence-corrected chi connectivity index (χ4v) is 2.40. The number of nitrogens with zero attached hydrogens (tertiary/aromatic N) is 1.